The van der Waals surface area contributed by atoms with Crippen molar-refractivity contribution in [3.63, 3.8) is 0 Å². The summed E-state index contributed by atoms with van der Waals surface area (Å²) in [5.41, 5.74) is 0. The molecule has 140 valence electrons. The molecule has 3 amide bonds. The van der Waals surface area contributed by atoms with Crippen LogP contribution in [-0.2, 0) is 14.4 Å². The van der Waals surface area contributed by atoms with Crippen molar-refractivity contribution in [2.24, 2.45) is 17.8 Å². The molecule has 0 aromatic rings. The summed E-state index contributed by atoms with van der Waals surface area (Å²) in [5, 5.41) is 0. The molecular weight excluding hydrogens is 316 g/mol. The van der Waals surface area contributed by atoms with Crippen molar-refractivity contribution < 1.29 is 14.4 Å². The minimum atomic E-state index is -0.649. The first-order valence-corrected chi connectivity index (χ1v) is 9.72. The molecule has 0 aromatic carbocycles. The number of rotatable bonds is 8. The second-order valence-corrected chi connectivity index (χ2v) is 7.67. The summed E-state index contributed by atoms with van der Waals surface area (Å²) in [6.07, 6.45) is 7.47. The van der Waals surface area contributed by atoms with Gasteiger partial charge in [-0.3, -0.25) is 19.3 Å². The Morgan fingerprint density at radius 3 is 1.96 bits per heavy atom. The van der Waals surface area contributed by atoms with E-state index in [0.29, 0.717) is 32.4 Å². The van der Waals surface area contributed by atoms with E-state index >= 15 is 0 Å². The van der Waals surface area contributed by atoms with E-state index in [-0.39, 0.29) is 35.5 Å². The molecule has 0 spiro atoms. The third kappa shape index (κ3) is 4.13. The quantitative estimate of drug-likeness (QED) is 0.500. The van der Waals surface area contributed by atoms with Crippen LogP contribution in [0.1, 0.15) is 59.8 Å². The summed E-state index contributed by atoms with van der Waals surface area (Å²) < 4.78 is 0. The zero-order valence-corrected chi connectivity index (χ0v) is 16.0. The van der Waals surface area contributed by atoms with Gasteiger partial charge < -0.3 is 4.90 Å². The lowest BCUT2D eigenvalue weighted by Gasteiger charge is -2.32. The third-order valence-corrected chi connectivity index (χ3v) is 5.13. The number of likely N-dealkylation sites (tertiary alicyclic amines) is 1. The van der Waals surface area contributed by atoms with Crippen LogP contribution in [-0.4, -0.2) is 46.7 Å². The van der Waals surface area contributed by atoms with E-state index in [9.17, 15) is 14.4 Å². The Bertz CT molecular complexity index is 509. The maximum atomic E-state index is 13.2. The number of hydrogen-bond acceptors (Lipinski definition) is 3. The Morgan fingerprint density at radius 2 is 1.56 bits per heavy atom. The number of amides is 3. The monoisotopic (exact) mass is 348 g/mol. The normalized spacial score (nSPS) is 24.0. The van der Waals surface area contributed by atoms with Crippen molar-refractivity contribution in [3.05, 3.63) is 12.2 Å². The van der Waals surface area contributed by atoms with Crippen LogP contribution >= 0.6 is 0 Å². The summed E-state index contributed by atoms with van der Waals surface area (Å²) in [6, 6.07) is -0.649. The SMILES string of the molecule is CCCN(CCC)C(=O)C(CC(C)C)N1C(=O)C2CC=CCC2C1=O. The summed E-state index contributed by atoms with van der Waals surface area (Å²) >= 11 is 0. The number of allylic oxidation sites excluding steroid dienone is 2. The van der Waals surface area contributed by atoms with E-state index in [0.717, 1.165) is 12.8 Å². The molecule has 2 rings (SSSR count). The van der Waals surface area contributed by atoms with Crippen molar-refractivity contribution in [3.8, 4) is 0 Å². The first-order chi connectivity index (χ1) is 11.9. The first-order valence-electron chi connectivity index (χ1n) is 9.72. The number of hydrogen-bond donors (Lipinski definition) is 0. The minimum Gasteiger partial charge on any atom is -0.341 e. The number of carbonyl (C=O) groups is 3. The van der Waals surface area contributed by atoms with Crippen LogP contribution in [0.3, 0.4) is 0 Å². The summed E-state index contributed by atoms with van der Waals surface area (Å²) in [7, 11) is 0. The lowest BCUT2D eigenvalue weighted by atomic mass is 9.85. The van der Waals surface area contributed by atoms with Crippen molar-refractivity contribution in [2.75, 3.05) is 13.1 Å². The molecule has 3 unspecified atom stereocenters. The topological polar surface area (TPSA) is 57.7 Å². The van der Waals surface area contributed by atoms with Crippen molar-refractivity contribution in [1.82, 2.24) is 9.80 Å². The van der Waals surface area contributed by atoms with Crippen molar-refractivity contribution in [2.45, 2.75) is 65.8 Å². The van der Waals surface area contributed by atoms with Crippen LogP contribution in [0.15, 0.2) is 12.2 Å². The average molecular weight is 348 g/mol. The smallest absolute Gasteiger partial charge is 0.245 e. The standard InChI is InChI=1S/C20H32N2O3/c1-5-11-21(12-6-2)20(25)17(13-14(3)4)22-18(23)15-9-7-8-10-16(15)19(22)24/h7-8,14-17H,5-6,9-13H2,1-4H3. The Kier molecular flexibility index (Phi) is 6.79. The van der Waals surface area contributed by atoms with E-state index in [2.05, 4.69) is 0 Å². The predicted octanol–water partition coefficient (Wildman–Crippen LogP) is 3.00. The Labute approximate surface area is 151 Å². The molecule has 5 nitrogen and oxygen atoms in total. The second kappa shape index (κ2) is 8.63. The Balaban J connectivity index is 2.28. The summed E-state index contributed by atoms with van der Waals surface area (Å²) in [4.78, 5) is 42.2. The van der Waals surface area contributed by atoms with Gasteiger partial charge in [0.15, 0.2) is 0 Å². The third-order valence-electron chi connectivity index (χ3n) is 5.13. The summed E-state index contributed by atoms with van der Waals surface area (Å²) in [6.45, 7) is 9.49. The molecule has 1 aliphatic heterocycles. The predicted molar refractivity (Wildman–Crippen MR) is 97.6 cm³/mol. The van der Waals surface area contributed by atoms with Gasteiger partial charge in [-0.1, -0.05) is 39.8 Å². The first kappa shape index (κ1) is 19.7. The summed E-state index contributed by atoms with van der Waals surface area (Å²) in [5.74, 6) is -0.666. The van der Waals surface area contributed by atoms with Gasteiger partial charge in [0.1, 0.15) is 6.04 Å². The molecule has 5 heteroatoms. The van der Waals surface area contributed by atoms with Gasteiger partial charge in [-0.25, -0.2) is 0 Å². The molecule has 0 aromatic heterocycles. The molecule has 1 heterocycles. The maximum Gasteiger partial charge on any atom is 0.245 e. The van der Waals surface area contributed by atoms with E-state index in [4.69, 9.17) is 0 Å². The molecule has 1 fully saturated rings. The molecule has 0 N–H and O–H groups in total. The molecule has 3 atom stereocenters. The van der Waals surface area contributed by atoms with Gasteiger partial charge in [-0.15, -0.1) is 0 Å². The van der Waals surface area contributed by atoms with Crippen LogP contribution in [0.25, 0.3) is 0 Å². The molecule has 1 saturated heterocycles. The molecule has 0 saturated carbocycles. The van der Waals surface area contributed by atoms with Crippen LogP contribution in [0.5, 0.6) is 0 Å². The highest BCUT2D eigenvalue weighted by molar-refractivity contribution is 6.08. The van der Waals surface area contributed by atoms with E-state index in [1.54, 1.807) is 0 Å². The minimum absolute atomic E-state index is 0.0642. The van der Waals surface area contributed by atoms with E-state index < -0.39 is 6.04 Å². The van der Waals surface area contributed by atoms with Crippen molar-refractivity contribution in [1.29, 1.82) is 0 Å². The highest BCUT2D eigenvalue weighted by Crippen LogP contribution is 2.37. The van der Waals surface area contributed by atoms with Crippen LogP contribution in [0.4, 0.5) is 0 Å². The fourth-order valence-electron chi connectivity index (χ4n) is 3.98. The van der Waals surface area contributed by atoms with Gasteiger partial charge in [-0.05, 0) is 38.0 Å². The molecule has 0 bridgehead atoms. The number of fused-ring (bicyclic) bond motifs is 1. The van der Waals surface area contributed by atoms with Gasteiger partial charge in [0, 0.05) is 13.1 Å². The molecule has 1 aliphatic carbocycles. The van der Waals surface area contributed by atoms with Gasteiger partial charge in [0.25, 0.3) is 0 Å². The molecular formula is C20H32N2O3. The zero-order valence-electron chi connectivity index (χ0n) is 16.0. The van der Waals surface area contributed by atoms with E-state index in [1.165, 1.54) is 4.90 Å². The largest absolute Gasteiger partial charge is 0.341 e. The van der Waals surface area contributed by atoms with Gasteiger partial charge in [0.2, 0.25) is 17.7 Å². The Hall–Kier alpha value is -1.65. The van der Waals surface area contributed by atoms with Gasteiger partial charge in [0.05, 0.1) is 11.8 Å². The fraction of sp³-hybridized carbons (Fsp3) is 0.750. The van der Waals surface area contributed by atoms with Crippen LogP contribution in [0.2, 0.25) is 0 Å². The van der Waals surface area contributed by atoms with Crippen molar-refractivity contribution >= 4 is 17.7 Å². The molecule has 0 radical (unpaired) electrons. The number of nitrogens with zero attached hydrogens (tertiary/aromatic N) is 2. The zero-order chi connectivity index (χ0) is 18.6. The lowest BCUT2D eigenvalue weighted by molar-refractivity contribution is -0.152. The van der Waals surface area contributed by atoms with E-state index in [1.807, 2.05) is 44.7 Å². The average Bonchev–Trinajstić information content (AvgIpc) is 2.83. The Morgan fingerprint density at radius 1 is 1.08 bits per heavy atom. The fourth-order valence-corrected chi connectivity index (χ4v) is 3.98. The highest BCUT2D eigenvalue weighted by atomic mass is 16.2. The van der Waals surface area contributed by atoms with Crippen LogP contribution in [0, 0.1) is 17.8 Å². The molecule has 25 heavy (non-hydrogen) atoms. The van der Waals surface area contributed by atoms with Gasteiger partial charge in [-0.2, -0.15) is 0 Å². The lowest BCUT2D eigenvalue weighted by Crippen LogP contribution is -2.52. The van der Waals surface area contributed by atoms with Crippen LogP contribution < -0.4 is 0 Å². The van der Waals surface area contributed by atoms with Gasteiger partial charge >= 0.3 is 0 Å². The molecule has 2 aliphatic rings. The number of carbonyl (C=O) groups excluding carboxylic acids is 3. The maximum absolute atomic E-state index is 13.2. The highest BCUT2D eigenvalue weighted by Gasteiger charge is 2.51. The second-order valence-electron chi connectivity index (χ2n) is 7.67. The number of imide groups is 1.